The number of hydrogen-bond donors (Lipinski definition) is 8. The highest BCUT2D eigenvalue weighted by atomic mass is 31.2. The van der Waals surface area contributed by atoms with E-state index in [1.54, 1.807) is 0 Å². The van der Waals surface area contributed by atoms with E-state index in [9.17, 15) is 44.9 Å². The lowest BCUT2D eigenvalue weighted by Crippen LogP contribution is -2.64. The van der Waals surface area contributed by atoms with Crippen molar-refractivity contribution in [2.45, 2.75) is 210 Å². The summed E-state index contributed by atoms with van der Waals surface area (Å²) in [6.07, 6.45) is 15.8. The Morgan fingerprint density at radius 3 is 1.52 bits per heavy atom. The van der Waals surface area contributed by atoms with Gasteiger partial charge < -0.3 is 40.8 Å². The summed E-state index contributed by atoms with van der Waals surface area (Å²) in [5.41, 5.74) is 0. The Morgan fingerprint density at radius 2 is 1.06 bits per heavy atom. The van der Waals surface area contributed by atoms with E-state index in [4.69, 9.17) is 9.05 Å². The molecule has 6 unspecified atom stereocenters. The molecule has 0 aromatic heterocycles. The maximum atomic E-state index is 12.8. The Bertz CT molecular complexity index is 910. The number of phosphoric ester groups is 1. The van der Waals surface area contributed by atoms with Crippen LogP contribution in [0.3, 0.4) is 0 Å². The molecule has 0 aromatic rings. The molecule has 0 aromatic carbocycles. The van der Waals surface area contributed by atoms with E-state index in [0.29, 0.717) is 6.42 Å². The van der Waals surface area contributed by atoms with Crippen molar-refractivity contribution < 1.29 is 53.9 Å². The molecule has 1 amide bonds. The quantitative estimate of drug-likeness (QED) is 0.0245. The normalized spacial score (nSPS) is 25.1. The summed E-state index contributed by atoms with van der Waals surface area (Å²) in [4.78, 5) is 23.2. The summed E-state index contributed by atoms with van der Waals surface area (Å²) in [5, 5.41) is 63.6. The maximum Gasteiger partial charge on any atom is 0.472 e. The first-order valence-corrected chi connectivity index (χ1v) is 21.1. The topological polar surface area (TPSA) is 206 Å². The van der Waals surface area contributed by atoms with E-state index in [1.165, 1.54) is 96.0 Å². The number of unbranched alkanes of at least 4 members (excludes halogenated alkanes) is 20. The molecule has 13 heteroatoms. The fourth-order valence-electron chi connectivity index (χ4n) is 6.25. The summed E-state index contributed by atoms with van der Waals surface area (Å²) in [5.74, 6) is -0.344. The summed E-state index contributed by atoms with van der Waals surface area (Å²) >= 11 is 0. The lowest BCUT2D eigenvalue weighted by atomic mass is 9.85. The predicted molar refractivity (Wildman–Crippen MR) is 195 cm³/mol. The van der Waals surface area contributed by atoms with E-state index in [1.807, 2.05) is 6.08 Å². The number of carbonyl (C=O) groups excluding carboxylic acids is 1. The van der Waals surface area contributed by atoms with Crippen LogP contribution < -0.4 is 5.32 Å². The Labute approximate surface area is 301 Å². The molecule has 1 rings (SSSR count). The van der Waals surface area contributed by atoms with Gasteiger partial charge in [-0.1, -0.05) is 148 Å². The largest absolute Gasteiger partial charge is 0.472 e. The number of hydrogen-bond acceptors (Lipinski definition) is 10. The SMILES string of the molecule is CCCCCCCCCCCC/C=C/[C@@H](O)[C@H](COP(=O)(O)OC1C(O)C(O)C(O)[C@@H](O)C1O)NC(=O)CCCCCCCCCCCCC. The van der Waals surface area contributed by atoms with Crippen LogP contribution in [-0.2, 0) is 18.4 Å². The number of aliphatic hydroxyl groups excluding tert-OH is 6. The molecule has 1 aliphatic rings. The molecular formula is C37H72NO11P. The zero-order valence-corrected chi connectivity index (χ0v) is 31.8. The molecule has 1 saturated carbocycles. The lowest BCUT2D eigenvalue weighted by Gasteiger charge is -2.41. The summed E-state index contributed by atoms with van der Waals surface area (Å²) < 4.78 is 22.8. The van der Waals surface area contributed by atoms with Gasteiger partial charge in [-0.05, 0) is 19.3 Å². The van der Waals surface area contributed by atoms with Crippen molar-refractivity contribution in [1.82, 2.24) is 5.32 Å². The van der Waals surface area contributed by atoms with Crippen molar-refractivity contribution >= 4 is 13.7 Å². The third-order valence-corrected chi connectivity index (χ3v) is 10.6. The van der Waals surface area contributed by atoms with Crippen LogP contribution in [0.1, 0.15) is 162 Å². The van der Waals surface area contributed by atoms with Gasteiger partial charge in [-0.25, -0.2) is 4.57 Å². The highest BCUT2D eigenvalue weighted by Gasteiger charge is 2.51. The van der Waals surface area contributed by atoms with Gasteiger partial charge in [-0.15, -0.1) is 0 Å². The van der Waals surface area contributed by atoms with Crippen molar-refractivity contribution in [2.24, 2.45) is 0 Å². The zero-order valence-electron chi connectivity index (χ0n) is 31.0. The maximum absolute atomic E-state index is 12.8. The van der Waals surface area contributed by atoms with Crippen LogP contribution in [0.5, 0.6) is 0 Å². The smallest absolute Gasteiger partial charge is 0.387 e. The standard InChI is InChI=1S/C37H72NO11P/c1-3-5-7-9-11-13-15-17-18-20-22-24-26-30(39)29(38-31(40)27-25-23-21-19-16-14-12-10-8-6-4-2)28-48-50(46,47)49-37-35(44)33(42)32(41)34(43)36(37)45/h24,26,29-30,32-37,39,41-45H,3-23,25,27-28H2,1-2H3,(H,38,40)(H,46,47)/b26-24+/t29-,30+,32?,33+,34?,35?,36?,37?/m0/s1. The molecule has 0 heterocycles. The van der Waals surface area contributed by atoms with Crippen LogP contribution >= 0.6 is 7.82 Å². The molecule has 1 fully saturated rings. The Balaban J connectivity index is 2.61. The predicted octanol–water partition coefficient (Wildman–Crippen LogP) is 5.72. The second-order valence-electron chi connectivity index (χ2n) is 14.1. The van der Waals surface area contributed by atoms with E-state index >= 15 is 0 Å². The zero-order chi connectivity index (χ0) is 37.2. The molecule has 296 valence electrons. The van der Waals surface area contributed by atoms with Gasteiger partial charge in [0.15, 0.2) is 0 Å². The average Bonchev–Trinajstić information content (AvgIpc) is 3.09. The minimum atomic E-state index is -5.06. The van der Waals surface area contributed by atoms with Crippen LogP contribution in [-0.4, -0.2) is 96.8 Å². The van der Waals surface area contributed by atoms with Crippen LogP contribution in [0.4, 0.5) is 0 Å². The number of nitrogens with one attached hydrogen (secondary N) is 1. The van der Waals surface area contributed by atoms with Gasteiger partial charge in [-0.2, -0.15) is 0 Å². The summed E-state index contributed by atoms with van der Waals surface area (Å²) in [6.45, 7) is 3.78. The number of allylic oxidation sites excluding steroid dienone is 1. The first-order chi connectivity index (χ1) is 23.9. The molecule has 0 aliphatic heterocycles. The van der Waals surface area contributed by atoms with Crippen molar-refractivity contribution in [3.63, 3.8) is 0 Å². The molecule has 12 nitrogen and oxygen atoms in total. The fraction of sp³-hybridized carbons (Fsp3) is 0.919. The number of aliphatic hydroxyl groups is 6. The third-order valence-electron chi connectivity index (χ3n) is 9.57. The number of rotatable bonds is 31. The summed E-state index contributed by atoms with van der Waals surface area (Å²) in [7, 11) is -5.06. The third kappa shape index (κ3) is 20.9. The number of carbonyl (C=O) groups is 1. The molecule has 1 aliphatic carbocycles. The van der Waals surface area contributed by atoms with Gasteiger partial charge in [0, 0.05) is 6.42 Å². The van der Waals surface area contributed by atoms with Crippen molar-refractivity contribution in [3.8, 4) is 0 Å². The first-order valence-electron chi connectivity index (χ1n) is 19.6. The van der Waals surface area contributed by atoms with E-state index in [-0.39, 0.29) is 12.3 Å². The molecule has 9 atom stereocenters. The molecule has 0 bridgehead atoms. The number of amides is 1. The van der Waals surface area contributed by atoms with Crippen LogP contribution in [0.15, 0.2) is 12.2 Å². The van der Waals surface area contributed by atoms with Crippen LogP contribution in [0.25, 0.3) is 0 Å². The number of phosphoric acid groups is 1. The summed E-state index contributed by atoms with van der Waals surface area (Å²) in [6, 6.07) is -1.11. The minimum absolute atomic E-state index is 0.217. The average molecular weight is 738 g/mol. The second kappa shape index (κ2) is 28.6. The Kier molecular flexibility index (Phi) is 26.9. The molecule has 8 N–H and O–H groups in total. The molecule has 0 radical (unpaired) electrons. The van der Waals surface area contributed by atoms with Crippen molar-refractivity contribution in [2.75, 3.05) is 6.61 Å². The van der Waals surface area contributed by atoms with Gasteiger partial charge in [0.1, 0.15) is 36.6 Å². The fourth-order valence-corrected chi connectivity index (χ4v) is 7.22. The van der Waals surface area contributed by atoms with Gasteiger partial charge in [0.05, 0.1) is 18.8 Å². The Hall–Kier alpha value is -0.920. The molecule has 0 spiro atoms. The monoisotopic (exact) mass is 737 g/mol. The van der Waals surface area contributed by atoms with Crippen LogP contribution in [0.2, 0.25) is 0 Å². The Morgan fingerprint density at radius 1 is 0.660 bits per heavy atom. The van der Waals surface area contributed by atoms with Gasteiger partial charge in [0.25, 0.3) is 0 Å². The van der Waals surface area contributed by atoms with E-state index in [2.05, 4.69) is 19.2 Å². The minimum Gasteiger partial charge on any atom is -0.387 e. The highest BCUT2D eigenvalue weighted by Crippen LogP contribution is 2.47. The lowest BCUT2D eigenvalue weighted by molar-refractivity contribution is -0.220. The second-order valence-corrected chi connectivity index (χ2v) is 15.5. The van der Waals surface area contributed by atoms with E-state index in [0.717, 1.165) is 44.9 Å². The highest BCUT2D eigenvalue weighted by molar-refractivity contribution is 7.47. The van der Waals surface area contributed by atoms with E-state index < -0.39 is 63.2 Å². The van der Waals surface area contributed by atoms with Gasteiger partial charge in [-0.3, -0.25) is 13.8 Å². The first kappa shape index (κ1) is 47.1. The van der Waals surface area contributed by atoms with Crippen molar-refractivity contribution in [1.29, 1.82) is 0 Å². The van der Waals surface area contributed by atoms with Crippen LogP contribution in [0, 0.1) is 0 Å². The molecular weight excluding hydrogens is 665 g/mol. The van der Waals surface area contributed by atoms with Gasteiger partial charge >= 0.3 is 7.82 Å². The van der Waals surface area contributed by atoms with Gasteiger partial charge in [0.2, 0.25) is 5.91 Å². The molecule has 0 saturated heterocycles. The molecule has 50 heavy (non-hydrogen) atoms. The van der Waals surface area contributed by atoms with Crippen molar-refractivity contribution in [3.05, 3.63) is 12.2 Å².